The van der Waals surface area contributed by atoms with Crippen molar-refractivity contribution >= 4 is 23.5 Å². The van der Waals surface area contributed by atoms with E-state index in [2.05, 4.69) is 15.6 Å². The normalized spacial score (nSPS) is 12.0. The summed E-state index contributed by atoms with van der Waals surface area (Å²) >= 11 is 1.65. The zero-order valence-corrected chi connectivity index (χ0v) is 11.6. The fourth-order valence-corrected chi connectivity index (χ4v) is 2.24. The minimum Gasteiger partial charge on any atom is -0.371 e. The molecular formula is C12H18FN3OS. The third-order valence-corrected chi connectivity index (χ3v) is 3.30. The molecule has 4 nitrogen and oxygen atoms in total. The number of carbonyl (C=O) groups excluding carboxylic acids is 1. The second-order valence-electron chi connectivity index (χ2n) is 3.81. The van der Waals surface area contributed by atoms with Crippen LogP contribution in [-0.2, 0) is 0 Å². The molecule has 2 N–H and O–H groups in total. The van der Waals surface area contributed by atoms with E-state index in [4.69, 9.17) is 0 Å². The van der Waals surface area contributed by atoms with Gasteiger partial charge in [-0.3, -0.25) is 4.79 Å². The number of halogens is 1. The van der Waals surface area contributed by atoms with Crippen LogP contribution in [-0.4, -0.2) is 36.0 Å². The van der Waals surface area contributed by atoms with Crippen LogP contribution in [0.4, 0.5) is 10.2 Å². The van der Waals surface area contributed by atoms with Crippen LogP contribution in [0.2, 0.25) is 0 Å². The Morgan fingerprint density at radius 2 is 2.33 bits per heavy atom. The van der Waals surface area contributed by atoms with Gasteiger partial charge in [-0.25, -0.2) is 9.37 Å². The van der Waals surface area contributed by atoms with Crippen molar-refractivity contribution in [2.24, 2.45) is 0 Å². The number of aromatic nitrogens is 1. The van der Waals surface area contributed by atoms with Crippen LogP contribution < -0.4 is 10.6 Å². The summed E-state index contributed by atoms with van der Waals surface area (Å²) in [6, 6.07) is 1.44. The lowest BCUT2D eigenvalue weighted by Gasteiger charge is -2.16. The number of nitrogens with one attached hydrogen (secondary N) is 2. The van der Waals surface area contributed by atoms with E-state index in [1.54, 1.807) is 18.8 Å². The number of thioether (sulfide) groups is 1. The number of hydrogen-bond donors (Lipinski definition) is 2. The van der Waals surface area contributed by atoms with Gasteiger partial charge < -0.3 is 10.6 Å². The van der Waals surface area contributed by atoms with E-state index in [1.165, 1.54) is 12.3 Å². The average molecular weight is 271 g/mol. The summed E-state index contributed by atoms with van der Waals surface area (Å²) in [5.41, 5.74) is 0.0221. The van der Waals surface area contributed by atoms with Crippen molar-refractivity contribution in [1.29, 1.82) is 0 Å². The van der Waals surface area contributed by atoms with E-state index in [-0.39, 0.29) is 17.4 Å². The summed E-state index contributed by atoms with van der Waals surface area (Å²) in [5, 5.41) is 5.43. The molecule has 0 aromatic carbocycles. The predicted octanol–water partition coefficient (Wildman–Crippen LogP) is 2.13. The Kier molecular flexibility index (Phi) is 5.91. The molecule has 0 bridgehead atoms. The molecule has 0 saturated carbocycles. The zero-order valence-electron chi connectivity index (χ0n) is 10.8. The molecule has 1 unspecified atom stereocenters. The van der Waals surface area contributed by atoms with Gasteiger partial charge in [0, 0.05) is 25.0 Å². The Morgan fingerprint density at radius 1 is 1.61 bits per heavy atom. The number of rotatable bonds is 6. The molecule has 1 amide bonds. The van der Waals surface area contributed by atoms with Crippen LogP contribution in [0.25, 0.3) is 0 Å². The number of carbonyl (C=O) groups is 1. The molecule has 1 atom stereocenters. The van der Waals surface area contributed by atoms with E-state index in [0.717, 1.165) is 12.2 Å². The zero-order chi connectivity index (χ0) is 13.5. The van der Waals surface area contributed by atoms with Gasteiger partial charge in [0.15, 0.2) is 11.6 Å². The Hall–Kier alpha value is -1.30. The Labute approximate surface area is 111 Å². The molecule has 0 saturated heterocycles. The first kappa shape index (κ1) is 14.8. The molecule has 6 heteroatoms. The number of amides is 1. The minimum absolute atomic E-state index is 0.0221. The highest BCUT2D eigenvalue weighted by molar-refractivity contribution is 7.98. The highest BCUT2D eigenvalue weighted by Gasteiger charge is 2.17. The first-order chi connectivity index (χ1) is 8.63. The summed E-state index contributed by atoms with van der Waals surface area (Å²) in [7, 11) is 1.57. The molecule has 0 spiro atoms. The maximum absolute atomic E-state index is 13.9. The Bertz CT molecular complexity index is 414. The molecule has 100 valence electrons. The number of nitrogens with zero attached hydrogens (tertiary/aromatic N) is 1. The highest BCUT2D eigenvalue weighted by atomic mass is 32.2. The lowest BCUT2D eigenvalue weighted by Crippen LogP contribution is -2.36. The highest BCUT2D eigenvalue weighted by Crippen LogP contribution is 2.14. The standard InChI is InChI=1S/C12H18FN3OS/c1-4-8(7-18-3)16-12(17)9-5-6-15-11(14-2)10(9)13/h5-6,8H,4,7H2,1-3H3,(H,14,15)(H,16,17). The van der Waals surface area contributed by atoms with Gasteiger partial charge in [0.25, 0.3) is 5.91 Å². The molecule has 0 aliphatic heterocycles. The van der Waals surface area contributed by atoms with E-state index in [9.17, 15) is 9.18 Å². The van der Waals surface area contributed by atoms with Crippen LogP contribution >= 0.6 is 11.8 Å². The van der Waals surface area contributed by atoms with Crippen molar-refractivity contribution in [3.8, 4) is 0 Å². The average Bonchev–Trinajstić information content (AvgIpc) is 2.38. The Balaban J connectivity index is 2.84. The van der Waals surface area contributed by atoms with Crippen LogP contribution in [0, 0.1) is 5.82 Å². The maximum Gasteiger partial charge on any atom is 0.254 e. The third kappa shape index (κ3) is 3.60. The van der Waals surface area contributed by atoms with E-state index in [1.807, 2.05) is 13.2 Å². The molecule has 1 rings (SSSR count). The molecule has 1 aromatic heterocycles. The predicted molar refractivity (Wildman–Crippen MR) is 73.7 cm³/mol. The number of hydrogen-bond acceptors (Lipinski definition) is 4. The minimum atomic E-state index is -0.614. The van der Waals surface area contributed by atoms with Gasteiger partial charge in [-0.1, -0.05) is 6.92 Å². The number of pyridine rings is 1. The van der Waals surface area contributed by atoms with Crippen molar-refractivity contribution in [2.75, 3.05) is 24.4 Å². The second-order valence-corrected chi connectivity index (χ2v) is 4.72. The number of anilines is 1. The van der Waals surface area contributed by atoms with Crippen molar-refractivity contribution in [2.45, 2.75) is 19.4 Å². The van der Waals surface area contributed by atoms with Crippen LogP contribution in [0.15, 0.2) is 12.3 Å². The third-order valence-electron chi connectivity index (χ3n) is 2.57. The first-order valence-electron chi connectivity index (χ1n) is 5.76. The first-order valence-corrected chi connectivity index (χ1v) is 7.15. The summed E-state index contributed by atoms with van der Waals surface area (Å²) in [5.74, 6) is -0.113. The maximum atomic E-state index is 13.9. The summed E-state index contributed by atoms with van der Waals surface area (Å²) in [6.45, 7) is 1.99. The van der Waals surface area contributed by atoms with Gasteiger partial charge >= 0.3 is 0 Å². The second kappa shape index (κ2) is 7.20. The van der Waals surface area contributed by atoms with Crippen molar-refractivity contribution in [1.82, 2.24) is 10.3 Å². The van der Waals surface area contributed by atoms with Crippen LogP contribution in [0.3, 0.4) is 0 Å². The molecule has 0 aliphatic rings. The summed E-state index contributed by atoms with van der Waals surface area (Å²) in [4.78, 5) is 15.8. The topological polar surface area (TPSA) is 54.0 Å². The van der Waals surface area contributed by atoms with Crippen LogP contribution in [0.1, 0.15) is 23.7 Å². The summed E-state index contributed by atoms with van der Waals surface area (Å²) in [6.07, 6.45) is 4.21. The van der Waals surface area contributed by atoms with E-state index >= 15 is 0 Å². The molecule has 0 radical (unpaired) electrons. The van der Waals surface area contributed by atoms with Gasteiger partial charge in [0.1, 0.15) is 0 Å². The van der Waals surface area contributed by atoms with E-state index < -0.39 is 11.7 Å². The fraction of sp³-hybridized carbons (Fsp3) is 0.500. The fourth-order valence-electron chi connectivity index (χ4n) is 1.52. The van der Waals surface area contributed by atoms with Gasteiger partial charge in [-0.05, 0) is 18.7 Å². The Morgan fingerprint density at radius 3 is 2.89 bits per heavy atom. The van der Waals surface area contributed by atoms with Crippen LogP contribution in [0.5, 0.6) is 0 Å². The molecule has 1 aromatic rings. The van der Waals surface area contributed by atoms with Crippen molar-refractivity contribution < 1.29 is 9.18 Å². The largest absolute Gasteiger partial charge is 0.371 e. The SMILES string of the molecule is CCC(CSC)NC(=O)c1ccnc(NC)c1F. The van der Waals surface area contributed by atoms with Gasteiger partial charge in [0.2, 0.25) is 0 Å². The van der Waals surface area contributed by atoms with Crippen molar-refractivity contribution in [3.05, 3.63) is 23.6 Å². The molecular weight excluding hydrogens is 253 g/mol. The van der Waals surface area contributed by atoms with Crippen molar-refractivity contribution in [3.63, 3.8) is 0 Å². The smallest absolute Gasteiger partial charge is 0.254 e. The van der Waals surface area contributed by atoms with E-state index in [0.29, 0.717) is 0 Å². The molecule has 1 heterocycles. The lowest BCUT2D eigenvalue weighted by molar-refractivity contribution is 0.0936. The summed E-state index contributed by atoms with van der Waals surface area (Å²) < 4.78 is 13.9. The molecule has 0 aliphatic carbocycles. The molecule has 0 fully saturated rings. The van der Waals surface area contributed by atoms with Gasteiger partial charge in [-0.2, -0.15) is 11.8 Å². The molecule has 18 heavy (non-hydrogen) atoms. The van der Waals surface area contributed by atoms with Gasteiger partial charge in [-0.15, -0.1) is 0 Å². The van der Waals surface area contributed by atoms with Gasteiger partial charge in [0.05, 0.1) is 5.56 Å². The monoisotopic (exact) mass is 271 g/mol. The lowest BCUT2D eigenvalue weighted by atomic mass is 10.2. The quantitative estimate of drug-likeness (QED) is 0.832.